The molecule has 2 N–H and O–H groups in total. The summed E-state index contributed by atoms with van der Waals surface area (Å²) in [4.78, 5) is 4.66. The Morgan fingerprint density at radius 3 is 2.83 bits per heavy atom. The van der Waals surface area contributed by atoms with Gasteiger partial charge in [-0.25, -0.2) is 0 Å². The van der Waals surface area contributed by atoms with E-state index in [1.54, 1.807) is 0 Å². The van der Waals surface area contributed by atoms with E-state index in [2.05, 4.69) is 47.7 Å². The second kappa shape index (κ2) is 15.1. The molecule has 1 aliphatic heterocycles. The zero-order valence-corrected chi connectivity index (χ0v) is 18.3. The number of guanidine groups is 1. The Morgan fingerprint density at radius 1 is 1.17 bits per heavy atom. The van der Waals surface area contributed by atoms with Gasteiger partial charge in [-0.05, 0) is 62.6 Å². The third-order valence-corrected chi connectivity index (χ3v) is 4.83. The molecule has 0 spiro atoms. The second-order valence-corrected chi connectivity index (χ2v) is 7.42. The number of ether oxygens (including phenoxy) is 3. The molecule has 0 aliphatic carbocycles. The summed E-state index contributed by atoms with van der Waals surface area (Å²) in [5.41, 5.74) is 1.27. The fourth-order valence-electron chi connectivity index (χ4n) is 3.20. The molecule has 2 rings (SSSR count). The maximum atomic E-state index is 5.82. The van der Waals surface area contributed by atoms with Crippen LogP contribution in [-0.2, 0) is 15.9 Å². The normalized spacial score (nSPS) is 15.3. The van der Waals surface area contributed by atoms with Gasteiger partial charge in [0.15, 0.2) is 5.96 Å². The number of benzene rings is 1. The van der Waals surface area contributed by atoms with Crippen molar-refractivity contribution in [3.05, 3.63) is 29.8 Å². The van der Waals surface area contributed by atoms with Gasteiger partial charge in [0.1, 0.15) is 5.75 Å². The first kappa shape index (κ1) is 23.5. The van der Waals surface area contributed by atoms with Crippen LogP contribution in [0.1, 0.15) is 45.1 Å². The van der Waals surface area contributed by atoms with Crippen LogP contribution in [0.3, 0.4) is 0 Å². The Kier molecular flexibility index (Phi) is 12.2. The van der Waals surface area contributed by atoms with Gasteiger partial charge >= 0.3 is 0 Å². The summed E-state index contributed by atoms with van der Waals surface area (Å²) < 4.78 is 16.9. The van der Waals surface area contributed by atoms with E-state index in [1.165, 1.54) is 5.56 Å². The lowest BCUT2D eigenvalue weighted by atomic mass is 10.0. The molecule has 0 saturated carbocycles. The quantitative estimate of drug-likeness (QED) is 0.299. The highest BCUT2D eigenvalue weighted by Gasteiger charge is 2.13. The van der Waals surface area contributed by atoms with E-state index in [9.17, 15) is 0 Å². The zero-order valence-electron chi connectivity index (χ0n) is 18.3. The van der Waals surface area contributed by atoms with Crippen molar-refractivity contribution in [2.24, 2.45) is 10.9 Å². The van der Waals surface area contributed by atoms with Crippen molar-refractivity contribution >= 4 is 5.96 Å². The van der Waals surface area contributed by atoms with E-state index in [0.717, 1.165) is 96.5 Å². The van der Waals surface area contributed by atoms with Gasteiger partial charge in [0.25, 0.3) is 0 Å². The SMILES string of the molecule is CCCOc1cccc(CCNC(=NCCCOCC2CCOCC2)NCC)c1. The van der Waals surface area contributed by atoms with Crippen molar-refractivity contribution in [3.8, 4) is 5.75 Å². The first-order valence-corrected chi connectivity index (χ1v) is 11.2. The molecule has 1 aromatic rings. The Balaban J connectivity index is 1.62. The van der Waals surface area contributed by atoms with Gasteiger partial charge in [0, 0.05) is 46.1 Å². The van der Waals surface area contributed by atoms with Crippen molar-refractivity contribution < 1.29 is 14.2 Å². The predicted molar refractivity (Wildman–Crippen MR) is 119 cm³/mol. The fourth-order valence-corrected chi connectivity index (χ4v) is 3.20. The summed E-state index contributed by atoms with van der Waals surface area (Å²) in [6.45, 7) is 10.8. The van der Waals surface area contributed by atoms with Crippen LogP contribution in [0.15, 0.2) is 29.3 Å². The average Bonchev–Trinajstić information content (AvgIpc) is 2.75. The summed E-state index contributed by atoms with van der Waals surface area (Å²) in [7, 11) is 0. The molecule has 1 aromatic carbocycles. The molecule has 0 bridgehead atoms. The van der Waals surface area contributed by atoms with Gasteiger partial charge in [0.05, 0.1) is 6.61 Å². The van der Waals surface area contributed by atoms with Crippen LogP contribution in [0.5, 0.6) is 5.75 Å². The van der Waals surface area contributed by atoms with Crippen LogP contribution in [0.2, 0.25) is 0 Å². The Labute approximate surface area is 176 Å². The second-order valence-electron chi connectivity index (χ2n) is 7.42. The highest BCUT2D eigenvalue weighted by Crippen LogP contribution is 2.15. The van der Waals surface area contributed by atoms with Gasteiger partial charge in [-0.1, -0.05) is 19.1 Å². The van der Waals surface area contributed by atoms with Crippen molar-refractivity contribution in [2.45, 2.75) is 46.0 Å². The van der Waals surface area contributed by atoms with Crippen LogP contribution in [0.25, 0.3) is 0 Å². The molecule has 1 heterocycles. The lowest BCUT2D eigenvalue weighted by molar-refractivity contribution is 0.0205. The molecular formula is C23H39N3O3. The standard InChI is InChI=1S/C23H39N3O3/c1-3-14-29-22-8-5-7-20(18-22)9-13-26-23(24-4-2)25-12-6-15-28-19-21-10-16-27-17-11-21/h5,7-8,18,21H,3-4,6,9-17,19H2,1-2H3,(H2,24,25,26). The minimum absolute atomic E-state index is 0.664. The Bertz CT molecular complexity index is 574. The summed E-state index contributed by atoms with van der Waals surface area (Å²) in [6, 6.07) is 8.33. The largest absolute Gasteiger partial charge is 0.494 e. The average molecular weight is 406 g/mol. The van der Waals surface area contributed by atoms with Crippen LogP contribution in [0.4, 0.5) is 0 Å². The lowest BCUT2D eigenvalue weighted by Crippen LogP contribution is -2.38. The number of rotatable bonds is 13. The van der Waals surface area contributed by atoms with E-state index in [0.29, 0.717) is 5.92 Å². The summed E-state index contributed by atoms with van der Waals surface area (Å²) in [5.74, 6) is 2.48. The molecule has 0 aromatic heterocycles. The number of nitrogens with one attached hydrogen (secondary N) is 2. The first-order chi connectivity index (χ1) is 14.3. The highest BCUT2D eigenvalue weighted by atomic mass is 16.5. The minimum atomic E-state index is 0.664. The molecule has 29 heavy (non-hydrogen) atoms. The molecule has 1 aliphatic rings. The van der Waals surface area contributed by atoms with Gasteiger partial charge in [-0.2, -0.15) is 0 Å². The Morgan fingerprint density at radius 2 is 2.03 bits per heavy atom. The third-order valence-electron chi connectivity index (χ3n) is 4.83. The molecule has 0 atom stereocenters. The molecule has 0 amide bonds. The van der Waals surface area contributed by atoms with E-state index < -0.39 is 0 Å². The molecule has 6 nitrogen and oxygen atoms in total. The molecule has 6 heteroatoms. The number of hydrogen-bond donors (Lipinski definition) is 2. The minimum Gasteiger partial charge on any atom is -0.494 e. The molecule has 1 fully saturated rings. The zero-order chi connectivity index (χ0) is 20.6. The van der Waals surface area contributed by atoms with Crippen LogP contribution in [-0.4, -0.2) is 58.6 Å². The highest BCUT2D eigenvalue weighted by molar-refractivity contribution is 5.79. The molecule has 0 unspecified atom stereocenters. The molecule has 1 saturated heterocycles. The summed E-state index contributed by atoms with van der Waals surface area (Å²) >= 11 is 0. The van der Waals surface area contributed by atoms with Crippen molar-refractivity contribution in [1.82, 2.24) is 10.6 Å². The number of nitrogens with zero attached hydrogens (tertiary/aromatic N) is 1. The van der Waals surface area contributed by atoms with Gasteiger partial charge in [0.2, 0.25) is 0 Å². The summed E-state index contributed by atoms with van der Waals surface area (Å²) in [5, 5.41) is 6.73. The maximum absolute atomic E-state index is 5.82. The van der Waals surface area contributed by atoms with Gasteiger partial charge in [-0.15, -0.1) is 0 Å². The van der Waals surface area contributed by atoms with Crippen LogP contribution < -0.4 is 15.4 Å². The smallest absolute Gasteiger partial charge is 0.191 e. The predicted octanol–water partition coefficient (Wildman–Crippen LogP) is 3.41. The molecule has 164 valence electrons. The van der Waals surface area contributed by atoms with E-state index in [-0.39, 0.29) is 0 Å². The van der Waals surface area contributed by atoms with Crippen molar-refractivity contribution in [1.29, 1.82) is 0 Å². The van der Waals surface area contributed by atoms with Crippen LogP contribution >= 0.6 is 0 Å². The van der Waals surface area contributed by atoms with Crippen molar-refractivity contribution in [2.75, 3.05) is 52.7 Å². The third kappa shape index (κ3) is 10.5. The first-order valence-electron chi connectivity index (χ1n) is 11.2. The fraction of sp³-hybridized carbons (Fsp3) is 0.696. The number of hydrogen-bond acceptors (Lipinski definition) is 4. The van der Waals surface area contributed by atoms with Crippen molar-refractivity contribution in [3.63, 3.8) is 0 Å². The summed E-state index contributed by atoms with van der Waals surface area (Å²) in [6.07, 6.45) is 5.15. The van der Waals surface area contributed by atoms with Crippen LogP contribution in [0, 0.1) is 5.92 Å². The Hall–Kier alpha value is -1.79. The van der Waals surface area contributed by atoms with E-state index in [1.807, 2.05) is 6.07 Å². The van der Waals surface area contributed by atoms with Gasteiger partial charge < -0.3 is 24.8 Å². The van der Waals surface area contributed by atoms with E-state index >= 15 is 0 Å². The monoisotopic (exact) mass is 405 g/mol. The maximum Gasteiger partial charge on any atom is 0.191 e. The van der Waals surface area contributed by atoms with E-state index in [4.69, 9.17) is 14.2 Å². The molecular weight excluding hydrogens is 366 g/mol. The molecule has 0 radical (unpaired) electrons. The van der Waals surface area contributed by atoms with Gasteiger partial charge in [-0.3, -0.25) is 4.99 Å². The topological polar surface area (TPSA) is 64.1 Å². The number of aliphatic imine (C=N–C) groups is 1. The lowest BCUT2D eigenvalue weighted by Gasteiger charge is -2.21.